The molecule has 0 heterocycles. The van der Waals surface area contributed by atoms with Crippen molar-refractivity contribution >= 4 is 29.1 Å². The van der Waals surface area contributed by atoms with E-state index in [-0.39, 0.29) is 0 Å². The fourth-order valence-corrected chi connectivity index (χ4v) is 2.02. The molecule has 0 bridgehead atoms. The van der Waals surface area contributed by atoms with Crippen LogP contribution in [0.25, 0.3) is 0 Å². The van der Waals surface area contributed by atoms with Crippen molar-refractivity contribution in [3.8, 4) is 5.75 Å². The Bertz CT molecular complexity index is 816. The van der Waals surface area contributed by atoms with Crippen molar-refractivity contribution in [2.24, 2.45) is 0 Å². The van der Waals surface area contributed by atoms with Crippen LogP contribution in [0.15, 0.2) is 36.4 Å². The van der Waals surface area contributed by atoms with E-state index in [4.69, 9.17) is 16.3 Å². The van der Waals surface area contributed by atoms with Crippen molar-refractivity contribution in [2.75, 3.05) is 11.9 Å². The molecule has 2 rings (SSSR count). The molecule has 0 aromatic heterocycles. The fourth-order valence-electron chi connectivity index (χ4n) is 1.90. The third kappa shape index (κ3) is 5.13. The van der Waals surface area contributed by atoms with Crippen molar-refractivity contribution in [2.45, 2.75) is 13.0 Å². The topological polar surface area (TPSA) is 67.4 Å². The highest BCUT2D eigenvalue weighted by molar-refractivity contribution is 6.30. The zero-order valence-electron chi connectivity index (χ0n) is 13.5. The first-order valence-corrected chi connectivity index (χ1v) is 7.79. The summed E-state index contributed by atoms with van der Waals surface area (Å²) in [7, 11) is 0. The van der Waals surface area contributed by atoms with Crippen LogP contribution in [0, 0.1) is 17.5 Å². The van der Waals surface area contributed by atoms with Gasteiger partial charge in [0.25, 0.3) is 5.91 Å². The second-order valence-electron chi connectivity index (χ2n) is 5.20. The van der Waals surface area contributed by atoms with Crippen LogP contribution in [0.5, 0.6) is 5.75 Å². The molecule has 0 spiro atoms. The third-order valence-electron chi connectivity index (χ3n) is 3.23. The van der Waals surface area contributed by atoms with Crippen molar-refractivity contribution in [1.29, 1.82) is 0 Å². The van der Waals surface area contributed by atoms with Gasteiger partial charge in [-0.1, -0.05) is 11.6 Å². The number of anilines is 1. The Morgan fingerprint density at radius 1 is 1.08 bits per heavy atom. The molecule has 2 amide bonds. The van der Waals surface area contributed by atoms with E-state index in [1.54, 1.807) is 24.3 Å². The molecule has 2 aromatic carbocycles. The Labute approximate surface area is 152 Å². The molecule has 0 saturated heterocycles. The number of benzene rings is 2. The maximum atomic E-state index is 13.5. The van der Waals surface area contributed by atoms with Gasteiger partial charge in [-0.3, -0.25) is 9.59 Å². The Morgan fingerprint density at radius 3 is 2.38 bits per heavy atom. The summed E-state index contributed by atoms with van der Waals surface area (Å²) >= 11 is 5.74. The zero-order chi connectivity index (χ0) is 19.3. The van der Waals surface area contributed by atoms with Crippen LogP contribution in [0.4, 0.5) is 18.9 Å². The lowest BCUT2D eigenvalue weighted by molar-refractivity contribution is -0.129. The minimum atomic E-state index is -1.70. The number of halogens is 4. The van der Waals surface area contributed by atoms with Crippen molar-refractivity contribution < 1.29 is 27.5 Å². The highest BCUT2D eigenvalue weighted by Crippen LogP contribution is 2.19. The van der Waals surface area contributed by atoms with Crippen LogP contribution in [0.3, 0.4) is 0 Å². The quantitative estimate of drug-likeness (QED) is 0.749. The molecular formula is C17H14ClF3N2O3. The Hall–Kier alpha value is -2.74. The van der Waals surface area contributed by atoms with Gasteiger partial charge in [-0.25, -0.2) is 13.2 Å². The highest BCUT2D eigenvalue weighted by atomic mass is 35.5. The van der Waals surface area contributed by atoms with E-state index in [1.165, 1.54) is 6.92 Å². The second kappa shape index (κ2) is 8.57. The van der Waals surface area contributed by atoms with E-state index in [1.807, 2.05) is 5.32 Å². The minimum absolute atomic E-state index is 0.408. The number of nitrogens with one attached hydrogen (secondary N) is 2. The van der Waals surface area contributed by atoms with Gasteiger partial charge in [0.05, 0.1) is 12.2 Å². The van der Waals surface area contributed by atoms with Crippen LogP contribution in [-0.4, -0.2) is 24.5 Å². The third-order valence-corrected chi connectivity index (χ3v) is 3.48. The van der Waals surface area contributed by atoms with Gasteiger partial charge in [-0.15, -0.1) is 0 Å². The Kier molecular flexibility index (Phi) is 6.46. The van der Waals surface area contributed by atoms with Crippen LogP contribution in [0.2, 0.25) is 5.02 Å². The predicted octanol–water partition coefficient (Wildman–Crippen LogP) is 3.28. The van der Waals surface area contributed by atoms with Gasteiger partial charge in [0, 0.05) is 5.02 Å². The van der Waals surface area contributed by atoms with Crippen LogP contribution in [0.1, 0.15) is 6.92 Å². The normalized spacial score (nSPS) is 11.6. The molecule has 0 saturated carbocycles. The smallest absolute Gasteiger partial charge is 0.261 e. The molecule has 138 valence electrons. The summed E-state index contributed by atoms with van der Waals surface area (Å²) in [6.07, 6.45) is -0.913. The molecular weight excluding hydrogens is 373 g/mol. The van der Waals surface area contributed by atoms with Crippen molar-refractivity contribution in [1.82, 2.24) is 5.32 Å². The Morgan fingerprint density at radius 2 is 1.73 bits per heavy atom. The summed E-state index contributed by atoms with van der Waals surface area (Å²) in [6.45, 7) is 0.961. The molecule has 0 radical (unpaired) electrons. The standard InChI is InChI=1S/C17H14ClF3N2O3/c1-9(26-11-4-2-10(18)3-5-11)17(25)22-8-14(24)23-13-7-6-12(19)15(20)16(13)21/h2-7,9H,8H2,1H3,(H,22,25)(H,23,24). The largest absolute Gasteiger partial charge is 0.481 e. The summed E-state index contributed by atoms with van der Waals surface area (Å²) in [4.78, 5) is 23.6. The van der Waals surface area contributed by atoms with E-state index < -0.39 is 47.6 Å². The van der Waals surface area contributed by atoms with E-state index >= 15 is 0 Å². The predicted molar refractivity (Wildman–Crippen MR) is 89.5 cm³/mol. The average molecular weight is 387 g/mol. The molecule has 1 unspecified atom stereocenters. The number of ether oxygens (including phenoxy) is 1. The first kappa shape index (κ1) is 19.6. The number of rotatable bonds is 6. The SMILES string of the molecule is CC(Oc1ccc(Cl)cc1)C(=O)NCC(=O)Nc1ccc(F)c(F)c1F. The molecule has 9 heteroatoms. The second-order valence-corrected chi connectivity index (χ2v) is 5.64. The number of hydrogen-bond acceptors (Lipinski definition) is 3. The number of carbonyl (C=O) groups excluding carboxylic acids is 2. The van der Waals surface area contributed by atoms with Gasteiger partial charge >= 0.3 is 0 Å². The van der Waals surface area contributed by atoms with Crippen molar-refractivity contribution in [3.05, 3.63) is 58.9 Å². The van der Waals surface area contributed by atoms with Gasteiger partial charge in [0.1, 0.15) is 5.75 Å². The average Bonchev–Trinajstić information content (AvgIpc) is 2.62. The molecule has 0 aliphatic carbocycles. The summed E-state index contributed by atoms with van der Waals surface area (Å²) in [5.74, 6) is -5.60. The molecule has 2 aromatic rings. The molecule has 0 fully saturated rings. The van der Waals surface area contributed by atoms with E-state index in [9.17, 15) is 22.8 Å². The molecule has 2 N–H and O–H groups in total. The van der Waals surface area contributed by atoms with E-state index in [0.29, 0.717) is 16.8 Å². The molecule has 5 nitrogen and oxygen atoms in total. The fraction of sp³-hybridized carbons (Fsp3) is 0.176. The lowest BCUT2D eigenvalue weighted by Crippen LogP contribution is -2.40. The lowest BCUT2D eigenvalue weighted by Gasteiger charge is -2.15. The van der Waals surface area contributed by atoms with Crippen molar-refractivity contribution in [3.63, 3.8) is 0 Å². The van der Waals surface area contributed by atoms with Gasteiger partial charge in [0.2, 0.25) is 5.91 Å². The lowest BCUT2D eigenvalue weighted by atomic mass is 10.2. The first-order valence-electron chi connectivity index (χ1n) is 7.41. The number of hydrogen-bond donors (Lipinski definition) is 2. The number of carbonyl (C=O) groups is 2. The van der Waals surface area contributed by atoms with E-state index in [2.05, 4.69) is 5.32 Å². The summed E-state index contributed by atoms with van der Waals surface area (Å²) < 4.78 is 44.8. The molecule has 0 aliphatic heterocycles. The molecule has 1 atom stereocenters. The summed E-state index contributed by atoms with van der Waals surface area (Å²) in [6, 6.07) is 7.88. The van der Waals surface area contributed by atoms with Gasteiger partial charge in [-0.05, 0) is 43.3 Å². The minimum Gasteiger partial charge on any atom is -0.481 e. The highest BCUT2D eigenvalue weighted by Gasteiger charge is 2.18. The van der Waals surface area contributed by atoms with Gasteiger partial charge < -0.3 is 15.4 Å². The molecule has 26 heavy (non-hydrogen) atoms. The summed E-state index contributed by atoms with van der Waals surface area (Å²) in [5, 5.41) is 4.83. The van der Waals surface area contributed by atoms with Crippen LogP contribution in [-0.2, 0) is 9.59 Å². The summed E-state index contributed by atoms with van der Waals surface area (Å²) in [5.41, 5.74) is -0.534. The van der Waals surface area contributed by atoms with E-state index in [0.717, 1.165) is 6.07 Å². The molecule has 0 aliphatic rings. The monoisotopic (exact) mass is 386 g/mol. The maximum absolute atomic E-state index is 13.5. The van der Waals surface area contributed by atoms with Gasteiger partial charge in [-0.2, -0.15) is 0 Å². The Balaban J connectivity index is 1.85. The first-order chi connectivity index (χ1) is 12.3. The van der Waals surface area contributed by atoms with Crippen LogP contribution < -0.4 is 15.4 Å². The number of amides is 2. The maximum Gasteiger partial charge on any atom is 0.261 e. The zero-order valence-corrected chi connectivity index (χ0v) is 14.2. The van der Waals surface area contributed by atoms with Crippen LogP contribution >= 0.6 is 11.6 Å². The van der Waals surface area contributed by atoms with Gasteiger partial charge in [0.15, 0.2) is 23.6 Å².